The summed E-state index contributed by atoms with van der Waals surface area (Å²) in [6, 6.07) is 8.01. The van der Waals surface area contributed by atoms with E-state index in [1.165, 1.54) is 0 Å². The van der Waals surface area contributed by atoms with Crippen LogP contribution in [0.25, 0.3) is 0 Å². The van der Waals surface area contributed by atoms with E-state index in [2.05, 4.69) is 13.8 Å². The molecule has 1 unspecified atom stereocenters. The Morgan fingerprint density at radius 1 is 1.15 bits per heavy atom. The normalized spacial score (nSPS) is 25.2. The summed E-state index contributed by atoms with van der Waals surface area (Å²) in [7, 11) is 3.98. The maximum atomic E-state index is 12.0. The lowest BCUT2D eigenvalue weighted by Crippen LogP contribution is -2.43. The van der Waals surface area contributed by atoms with Crippen LogP contribution in [0, 0.1) is 5.41 Å². The Hall–Kier alpha value is -1.51. The smallest absolute Gasteiger partial charge is 0.314 e. The predicted molar refractivity (Wildman–Crippen MR) is 82.3 cm³/mol. The van der Waals surface area contributed by atoms with Gasteiger partial charge >= 0.3 is 5.97 Å². The Balaban J connectivity index is 2.40. The number of rotatable bonds is 3. The molecule has 1 aromatic carbocycles. The average molecular weight is 275 g/mol. The van der Waals surface area contributed by atoms with Gasteiger partial charge in [0.05, 0.1) is 5.41 Å². The molecule has 0 spiro atoms. The highest BCUT2D eigenvalue weighted by Crippen LogP contribution is 2.48. The molecule has 1 saturated carbocycles. The predicted octanol–water partition coefficient (Wildman–Crippen LogP) is 3.68. The van der Waals surface area contributed by atoms with Crippen LogP contribution in [0.15, 0.2) is 24.3 Å². The minimum Gasteiger partial charge on any atom is -0.481 e. The lowest BCUT2D eigenvalue weighted by atomic mass is 9.61. The standard InChI is InChI=1S/C17H25NO2/c1-16(2)10-5-11-17(12-16,15(19)20)13-6-8-14(9-7-13)18(3)4/h6-9H,5,10-12H2,1-4H3,(H,19,20). The van der Waals surface area contributed by atoms with Gasteiger partial charge in [0, 0.05) is 19.8 Å². The zero-order chi connectivity index (χ0) is 15.0. The van der Waals surface area contributed by atoms with E-state index in [0.717, 1.165) is 36.9 Å². The zero-order valence-corrected chi connectivity index (χ0v) is 12.9. The van der Waals surface area contributed by atoms with Crippen LogP contribution in [0.3, 0.4) is 0 Å². The van der Waals surface area contributed by atoms with Gasteiger partial charge in [-0.2, -0.15) is 0 Å². The van der Waals surface area contributed by atoms with Gasteiger partial charge in [-0.25, -0.2) is 0 Å². The van der Waals surface area contributed by atoms with Crippen LogP contribution >= 0.6 is 0 Å². The molecule has 1 aliphatic rings. The zero-order valence-electron chi connectivity index (χ0n) is 12.9. The first-order chi connectivity index (χ1) is 9.27. The summed E-state index contributed by atoms with van der Waals surface area (Å²) in [5.74, 6) is -0.678. The molecule has 2 rings (SSSR count). The molecule has 0 amide bonds. The van der Waals surface area contributed by atoms with E-state index in [1.54, 1.807) is 0 Å². The van der Waals surface area contributed by atoms with E-state index in [0.29, 0.717) is 0 Å². The van der Waals surface area contributed by atoms with Gasteiger partial charge in [-0.3, -0.25) is 4.79 Å². The van der Waals surface area contributed by atoms with Crippen LogP contribution in [0.1, 0.15) is 45.1 Å². The molecule has 1 atom stereocenters. The van der Waals surface area contributed by atoms with Crippen molar-refractivity contribution < 1.29 is 9.90 Å². The Morgan fingerprint density at radius 2 is 1.75 bits per heavy atom. The first-order valence-corrected chi connectivity index (χ1v) is 7.28. The summed E-state index contributed by atoms with van der Waals surface area (Å²) in [6.45, 7) is 4.36. The molecule has 0 saturated heterocycles. The van der Waals surface area contributed by atoms with Crippen molar-refractivity contribution in [1.82, 2.24) is 0 Å². The number of benzene rings is 1. The Kier molecular flexibility index (Phi) is 3.81. The fourth-order valence-corrected chi connectivity index (χ4v) is 3.49. The second-order valence-electron chi connectivity index (χ2n) is 7.02. The first kappa shape index (κ1) is 14.9. The first-order valence-electron chi connectivity index (χ1n) is 7.28. The topological polar surface area (TPSA) is 40.5 Å². The van der Waals surface area contributed by atoms with Crippen molar-refractivity contribution in [2.45, 2.75) is 44.9 Å². The Morgan fingerprint density at radius 3 is 2.20 bits per heavy atom. The van der Waals surface area contributed by atoms with E-state index >= 15 is 0 Å². The molecule has 110 valence electrons. The van der Waals surface area contributed by atoms with Gasteiger partial charge in [-0.15, -0.1) is 0 Å². The molecule has 0 aromatic heterocycles. The maximum Gasteiger partial charge on any atom is 0.314 e. The number of aliphatic carboxylic acids is 1. The molecule has 20 heavy (non-hydrogen) atoms. The van der Waals surface area contributed by atoms with E-state index < -0.39 is 11.4 Å². The number of carboxylic acid groups (broad SMARTS) is 1. The average Bonchev–Trinajstić information content (AvgIpc) is 2.37. The summed E-state index contributed by atoms with van der Waals surface area (Å²) in [6.07, 6.45) is 3.55. The minimum absolute atomic E-state index is 0.0941. The van der Waals surface area contributed by atoms with Crippen LogP contribution in [-0.2, 0) is 10.2 Å². The second-order valence-corrected chi connectivity index (χ2v) is 7.02. The van der Waals surface area contributed by atoms with Gasteiger partial charge in [0.25, 0.3) is 0 Å². The quantitative estimate of drug-likeness (QED) is 0.915. The van der Waals surface area contributed by atoms with Crippen molar-refractivity contribution in [3.8, 4) is 0 Å². The van der Waals surface area contributed by atoms with Crippen molar-refractivity contribution >= 4 is 11.7 Å². The van der Waals surface area contributed by atoms with Crippen LogP contribution < -0.4 is 4.90 Å². The van der Waals surface area contributed by atoms with Crippen LogP contribution in [-0.4, -0.2) is 25.2 Å². The van der Waals surface area contributed by atoms with Crippen LogP contribution in [0.5, 0.6) is 0 Å². The maximum absolute atomic E-state index is 12.0. The van der Waals surface area contributed by atoms with Gasteiger partial charge in [0.1, 0.15) is 0 Å². The van der Waals surface area contributed by atoms with Crippen LogP contribution in [0.4, 0.5) is 5.69 Å². The molecule has 0 aliphatic heterocycles. The van der Waals surface area contributed by atoms with Crippen molar-refractivity contribution in [2.24, 2.45) is 5.41 Å². The number of anilines is 1. The SMILES string of the molecule is CN(C)c1ccc(C2(C(=O)O)CCCC(C)(C)C2)cc1. The van der Waals surface area contributed by atoms with Crippen molar-refractivity contribution in [3.63, 3.8) is 0 Å². The third-order valence-corrected chi connectivity index (χ3v) is 4.58. The number of nitrogens with zero attached hydrogens (tertiary/aromatic N) is 1. The van der Waals surface area contributed by atoms with Gasteiger partial charge in [-0.05, 0) is 42.4 Å². The molecule has 3 nitrogen and oxygen atoms in total. The number of hydrogen-bond acceptors (Lipinski definition) is 2. The van der Waals surface area contributed by atoms with Crippen molar-refractivity contribution in [1.29, 1.82) is 0 Å². The van der Waals surface area contributed by atoms with Crippen LogP contribution in [0.2, 0.25) is 0 Å². The lowest BCUT2D eigenvalue weighted by Gasteiger charge is -2.42. The fourth-order valence-electron chi connectivity index (χ4n) is 3.49. The fraction of sp³-hybridized carbons (Fsp3) is 0.588. The molecule has 1 fully saturated rings. The lowest BCUT2D eigenvalue weighted by molar-refractivity contribution is -0.147. The summed E-state index contributed by atoms with van der Waals surface area (Å²) < 4.78 is 0. The molecule has 0 bridgehead atoms. The molecule has 0 heterocycles. The number of carboxylic acids is 1. The molecule has 1 N–H and O–H groups in total. The highest BCUT2D eigenvalue weighted by atomic mass is 16.4. The third kappa shape index (κ3) is 2.67. The summed E-state index contributed by atoms with van der Waals surface area (Å²) >= 11 is 0. The molecular weight excluding hydrogens is 250 g/mol. The highest BCUT2D eigenvalue weighted by Gasteiger charge is 2.46. The summed E-state index contributed by atoms with van der Waals surface area (Å²) in [5, 5.41) is 9.84. The van der Waals surface area contributed by atoms with Gasteiger partial charge in [-0.1, -0.05) is 32.4 Å². The highest BCUT2D eigenvalue weighted by molar-refractivity contribution is 5.82. The summed E-state index contributed by atoms with van der Waals surface area (Å²) in [4.78, 5) is 14.0. The second kappa shape index (κ2) is 5.12. The van der Waals surface area contributed by atoms with E-state index in [4.69, 9.17) is 0 Å². The molecule has 1 aromatic rings. The van der Waals surface area contributed by atoms with Gasteiger partial charge in [0.15, 0.2) is 0 Å². The minimum atomic E-state index is -0.716. The number of hydrogen-bond donors (Lipinski definition) is 1. The molecule has 3 heteroatoms. The number of carbonyl (C=O) groups is 1. The Labute approximate surface area is 121 Å². The molecular formula is C17H25NO2. The van der Waals surface area contributed by atoms with E-state index in [9.17, 15) is 9.90 Å². The monoisotopic (exact) mass is 275 g/mol. The van der Waals surface area contributed by atoms with Gasteiger partial charge < -0.3 is 10.0 Å². The van der Waals surface area contributed by atoms with Crippen molar-refractivity contribution in [2.75, 3.05) is 19.0 Å². The van der Waals surface area contributed by atoms with Gasteiger partial charge in [0.2, 0.25) is 0 Å². The van der Waals surface area contributed by atoms with E-state index in [1.807, 2.05) is 43.3 Å². The van der Waals surface area contributed by atoms with Crippen molar-refractivity contribution in [3.05, 3.63) is 29.8 Å². The summed E-state index contributed by atoms with van der Waals surface area (Å²) in [5.41, 5.74) is 1.43. The third-order valence-electron chi connectivity index (χ3n) is 4.58. The molecule has 1 aliphatic carbocycles. The Bertz CT molecular complexity index is 490. The molecule has 0 radical (unpaired) electrons. The van der Waals surface area contributed by atoms with E-state index in [-0.39, 0.29) is 5.41 Å². The largest absolute Gasteiger partial charge is 0.481 e.